The average molecular weight is 393 g/mol. The van der Waals surface area contributed by atoms with Gasteiger partial charge in [-0.2, -0.15) is 5.26 Å². The second kappa shape index (κ2) is 12.0. The Hall–Kier alpha value is -1.60. The minimum Gasteiger partial charge on any atom is -0.394 e. The fourth-order valence-electron chi connectivity index (χ4n) is 2.61. The van der Waals surface area contributed by atoms with Crippen LogP contribution in [-0.2, 0) is 4.74 Å². The van der Waals surface area contributed by atoms with Gasteiger partial charge in [-0.3, -0.25) is 9.62 Å². The highest BCUT2D eigenvalue weighted by atomic mass is 32.2. The summed E-state index contributed by atoms with van der Waals surface area (Å²) < 4.78 is 8.26. The number of ether oxygens (including phenoxy) is 1. The molecular formula is C19H28N4O3S. The van der Waals surface area contributed by atoms with E-state index in [2.05, 4.69) is 21.0 Å². The summed E-state index contributed by atoms with van der Waals surface area (Å²) in [6.07, 6.45) is -0.833. The molecule has 2 rings (SSSR count). The first kappa shape index (κ1) is 21.7. The molecule has 1 saturated heterocycles. The minimum absolute atomic E-state index is 0.214. The Labute approximate surface area is 165 Å². The van der Waals surface area contributed by atoms with Crippen molar-refractivity contribution in [2.75, 3.05) is 57.9 Å². The molecule has 1 heterocycles. The Kier molecular flexibility index (Phi) is 9.62. The number of hydrogen-bond donors (Lipinski definition) is 4. The van der Waals surface area contributed by atoms with Gasteiger partial charge in [0.15, 0.2) is 0 Å². The Morgan fingerprint density at radius 2 is 2.04 bits per heavy atom. The number of nitriles is 1. The van der Waals surface area contributed by atoms with Gasteiger partial charge in [-0.05, 0) is 42.1 Å². The zero-order valence-corrected chi connectivity index (χ0v) is 16.5. The summed E-state index contributed by atoms with van der Waals surface area (Å²) in [4.78, 5) is 2.92. The van der Waals surface area contributed by atoms with Crippen molar-refractivity contribution in [3.63, 3.8) is 0 Å². The number of rotatable bonds is 10. The molecule has 7 nitrogen and oxygen atoms in total. The summed E-state index contributed by atoms with van der Waals surface area (Å²) >= 11 is 1.17. The number of nitrogens with zero attached hydrogens (tertiary/aromatic N) is 2. The first-order chi connectivity index (χ1) is 13.1. The van der Waals surface area contributed by atoms with Crippen LogP contribution in [0.5, 0.6) is 0 Å². The first-order valence-corrected chi connectivity index (χ1v) is 9.89. The number of hydrogen-bond acceptors (Lipinski definition) is 8. The van der Waals surface area contributed by atoms with Crippen molar-refractivity contribution in [3.8, 4) is 6.07 Å². The Bertz CT molecular complexity index is 639. The zero-order valence-electron chi connectivity index (χ0n) is 15.6. The lowest BCUT2D eigenvalue weighted by Crippen LogP contribution is -2.38. The van der Waals surface area contributed by atoms with Crippen LogP contribution < -0.4 is 10.0 Å². The Balaban J connectivity index is 1.85. The Morgan fingerprint density at radius 3 is 2.67 bits per heavy atom. The molecule has 1 unspecified atom stereocenters. The topological polar surface area (TPSA) is 101 Å². The lowest BCUT2D eigenvalue weighted by Gasteiger charge is -2.26. The van der Waals surface area contributed by atoms with Gasteiger partial charge in [-0.1, -0.05) is 12.1 Å². The van der Waals surface area contributed by atoms with Gasteiger partial charge < -0.3 is 20.3 Å². The monoisotopic (exact) mass is 392 g/mol. The molecule has 0 aromatic heterocycles. The highest BCUT2D eigenvalue weighted by molar-refractivity contribution is 8.01. The van der Waals surface area contributed by atoms with Gasteiger partial charge in [0.05, 0.1) is 25.9 Å². The molecule has 148 valence electrons. The fourth-order valence-corrected chi connectivity index (χ4v) is 3.35. The summed E-state index contributed by atoms with van der Waals surface area (Å²) in [5, 5.41) is 30.9. The van der Waals surface area contributed by atoms with Crippen molar-refractivity contribution in [2.45, 2.75) is 13.0 Å². The number of benzene rings is 1. The summed E-state index contributed by atoms with van der Waals surface area (Å²) in [6, 6.07) is 10.2. The maximum absolute atomic E-state index is 9.37. The number of aliphatic hydroxyl groups excluding tert-OH is 2. The van der Waals surface area contributed by atoms with Gasteiger partial charge in [0.2, 0.25) is 0 Å². The normalized spacial score (nSPS) is 17.1. The molecule has 0 aliphatic carbocycles. The molecule has 1 aliphatic heterocycles. The molecule has 0 radical (unpaired) electrons. The van der Waals surface area contributed by atoms with Crippen LogP contribution >= 0.6 is 11.9 Å². The molecule has 0 bridgehead atoms. The number of aliphatic hydroxyl groups is 2. The highest BCUT2D eigenvalue weighted by Gasteiger charge is 2.10. The molecule has 8 heteroatoms. The molecule has 1 aromatic rings. The van der Waals surface area contributed by atoms with Gasteiger partial charge in [0.1, 0.15) is 11.0 Å². The van der Waals surface area contributed by atoms with Crippen LogP contribution in [0.15, 0.2) is 29.2 Å². The summed E-state index contributed by atoms with van der Waals surface area (Å²) in [7, 11) is 0. The highest BCUT2D eigenvalue weighted by Crippen LogP contribution is 2.25. The summed E-state index contributed by atoms with van der Waals surface area (Å²) in [6.45, 7) is 7.28. The van der Waals surface area contributed by atoms with Crippen molar-refractivity contribution >= 4 is 23.2 Å². The van der Waals surface area contributed by atoms with Crippen LogP contribution in [-0.4, -0.2) is 73.8 Å². The Morgan fingerprint density at radius 1 is 1.33 bits per heavy atom. The van der Waals surface area contributed by atoms with Gasteiger partial charge in [0, 0.05) is 38.4 Å². The van der Waals surface area contributed by atoms with E-state index in [0.717, 1.165) is 56.2 Å². The van der Waals surface area contributed by atoms with Crippen LogP contribution in [0.3, 0.4) is 0 Å². The molecule has 1 aromatic carbocycles. The number of morpholine rings is 1. The quantitative estimate of drug-likeness (QED) is 0.349. The molecule has 1 aliphatic rings. The smallest absolute Gasteiger partial charge is 0.108 e. The largest absolute Gasteiger partial charge is 0.394 e. The summed E-state index contributed by atoms with van der Waals surface area (Å²) in [5.74, 6) is 0. The van der Waals surface area contributed by atoms with Crippen LogP contribution in [0.25, 0.3) is 5.57 Å². The van der Waals surface area contributed by atoms with E-state index in [1.165, 1.54) is 11.9 Å². The predicted octanol–water partition coefficient (Wildman–Crippen LogP) is 1.28. The molecule has 0 saturated carbocycles. The van der Waals surface area contributed by atoms with Crippen molar-refractivity contribution in [1.82, 2.24) is 9.62 Å². The van der Waals surface area contributed by atoms with E-state index in [-0.39, 0.29) is 13.2 Å². The van der Waals surface area contributed by atoms with Gasteiger partial charge >= 0.3 is 0 Å². The van der Waals surface area contributed by atoms with E-state index >= 15 is 0 Å². The molecular weight excluding hydrogens is 364 g/mol. The average Bonchev–Trinajstić information content (AvgIpc) is 2.72. The second-order valence-corrected chi connectivity index (χ2v) is 7.21. The minimum atomic E-state index is -0.833. The van der Waals surface area contributed by atoms with Crippen LogP contribution in [0.2, 0.25) is 0 Å². The van der Waals surface area contributed by atoms with E-state index in [1.807, 2.05) is 31.2 Å². The lowest BCUT2D eigenvalue weighted by atomic mass is 10.1. The van der Waals surface area contributed by atoms with E-state index in [4.69, 9.17) is 9.84 Å². The maximum atomic E-state index is 9.37. The van der Waals surface area contributed by atoms with Crippen molar-refractivity contribution in [3.05, 3.63) is 34.7 Å². The SMILES string of the molecule is C/C(=C(/C#N)SNCC(O)CO)c1ccc(NCCN2CCOCC2)cc1. The fraction of sp³-hybridized carbons (Fsp3) is 0.526. The van der Waals surface area contributed by atoms with Crippen molar-refractivity contribution in [1.29, 1.82) is 5.26 Å². The van der Waals surface area contributed by atoms with Crippen LogP contribution in [0.1, 0.15) is 12.5 Å². The molecule has 0 spiro atoms. The predicted molar refractivity (Wildman–Crippen MR) is 109 cm³/mol. The van der Waals surface area contributed by atoms with Gasteiger partial charge in [0.25, 0.3) is 0 Å². The van der Waals surface area contributed by atoms with Crippen molar-refractivity contribution in [2.24, 2.45) is 0 Å². The number of nitrogens with one attached hydrogen (secondary N) is 2. The summed E-state index contributed by atoms with van der Waals surface area (Å²) in [5.41, 5.74) is 2.89. The zero-order chi connectivity index (χ0) is 19.5. The molecule has 1 fully saturated rings. The van der Waals surface area contributed by atoms with Gasteiger partial charge in [-0.15, -0.1) is 0 Å². The van der Waals surface area contributed by atoms with Crippen molar-refractivity contribution < 1.29 is 14.9 Å². The number of anilines is 1. The lowest BCUT2D eigenvalue weighted by molar-refractivity contribution is 0.0398. The van der Waals surface area contributed by atoms with E-state index in [9.17, 15) is 10.4 Å². The third-order valence-electron chi connectivity index (χ3n) is 4.32. The van der Waals surface area contributed by atoms with Gasteiger partial charge in [-0.25, -0.2) is 0 Å². The van der Waals surface area contributed by atoms with E-state index < -0.39 is 6.10 Å². The second-order valence-electron chi connectivity index (χ2n) is 6.31. The molecule has 27 heavy (non-hydrogen) atoms. The molecule has 1 atom stereocenters. The van der Waals surface area contributed by atoms with Crippen LogP contribution in [0, 0.1) is 11.3 Å². The standard InChI is InChI=1S/C19H28N4O3S/c1-15(19(12-20)27-22-13-18(25)14-24)16-2-4-17(5-3-16)21-6-7-23-8-10-26-11-9-23/h2-5,18,21-22,24-25H,6-11,13-14H2,1H3/b19-15+. The number of allylic oxidation sites excluding steroid dienone is 2. The molecule has 0 amide bonds. The maximum Gasteiger partial charge on any atom is 0.108 e. The van der Waals surface area contributed by atoms with E-state index in [1.54, 1.807) is 0 Å². The third-order valence-corrected chi connectivity index (χ3v) is 5.24. The van der Waals surface area contributed by atoms with E-state index in [0.29, 0.717) is 4.91 Å². The van der Waals surface area contributed by atoms with Crippen LogP contribution in [0.4, 0.5) is 5.69 Å². The first-order valence-electron chi connectivity index (χ1n) is 9.08. The molecule has 4 N–H and O–H groups in total. The third kappa shape index (κ3) is 7.50.